The smallest absolute Gasteiger partial charge is 0.313 e. The van der Waals surface area contributed by atoms with Gasteiger partial charge in [0, 0.05) is 16.7 Å². The number of carbonyl (C=O) groups is 2. The van der Waals surface area contributed by atoms with E-state index in [1.165, 1.54) is 0 Å². The van der Waals surface area contributed by atoms with Gasteiger partial charge in [0.05, 0.1) is 0 Å². The Hall–Kier alpha value is -2.14. The van der Waals surface area contributed by atoms with Gasteiger partial charge in [-0.25, -0.2) is 0 Å². The molecule has 0 radical (unpaired) electrons. The molecule has 23 heavy (non-hydrogen) atoms. The monoisotopic (exact) mass is 374 g/mol. The highest BCUT2D eigenvalue weighted by Crippen LogP contribution is 2.20. The minimum Gasteiger partial charge on any atom is -0.347 e. The standard InChI is InChI=1S/C18H19BrN2O2/c1-12-10-15(19)8-9-16(12)21-18(23)17(22)20-11-13(2)14-6-4-3-5-7-14/h3-10,13H,11H2,1-2H3,(H,20,22)(H,21,23)/t13-/m0/s1. The maximum atomic E-state index is 12.0. The van der Waals surface area contributed by atoms with Crippen molar-refractivity contribution in [1.82, 2.24) is 5.32 Å². The van der Waals surface area contributed by atoms with Gasteiger partial charge in [0.1, 0.15) is 0 Å². The molecule has 4 nitrogen and oxygen atoms in total. The van der Waals surface area contributed by atoms with Crippen LogP contribution in [-0.2, 0) is 9.59 Å². The van der Waals surface area contributed by atoms with Crippen molar-refractivity contribution >= 4 is 33.4 Å². The van der Waals surface area contributed by atoms with Crippen molar-refractivity contribution in [2.75, 3.05) is 11.9 Å². The van der Waals surface area contributed by atoms with E-state index in [4.69, 9.17) is 0 Å². The van der Waals surface area contributed by atoms with Crippen LogP contribution in [0.15, 0.2) is 53.0 Å². The van der Waals surface area contributed by atoms with Gasteiger partial charge in [-0.15, -0.1) is 0 Å². The molecule has 0 aliphatic carbocycles. The second-order valence-corrected chi connectivity index (χ2v) is 6.35. The number of anilines is 1. The van der Waals surface area contributed by atoms with Crippen LogP contribution in [-0.4, -0.2) is 18.4 Å². The maximum absolute atomic E-state index is 12.0. The summed E-state index contributed by atoms with van der Waals surface area (Å²) < 4.78 is 0.925. The van der Waals surface area contributed by atoms with Gasteiger partial charge >= 0.3 is 11.8 Å². The van der Waals surface area contributed by atoms with E-state index < -0.39 is 11.8 Å². The molecule has 1 atom stereocenters. The molecule has 0 unspecified atom stereocenters. The van der Waals surface area contributed by atoms with Crippen LogP contribution in [0.25, 0.3) is 0 Å². The van der Waals surface area contributed by atoms with Gasteiger partial charge in [-0.3, -0.25) is 9.59 Å². The predicted octanol–water partition coefficient (Wildman–Crippen LogP) is 3.62. The van der Waals surface area contributed by atoms with Crippen molar-refractivity contribution in [3.8, 4) is 0 Å². The van der Waals surface area contributed by atoms with Crippen LogP contribution in [0.2, 0.25) is 0 Å². The zero-order chi connectivity index (χ0) is 16.8. The molecule has 2 N–H and O–H groups in total. The van der Waals surface area contributed by atoms with E-state index >= 15 is 0 Å². The number of hydrogen-bond donors (Lipinski definition) is 2. The van der Waals surface area contributed by atoms with Crippen LogP contribution in [0, 0.1) is 6.92 Å². The third-order valence-corrected chi connectivity index (χ3v) is 4.07. The van der Waals surface area contributed by atoms with Gasteiger partial charge in [0.2, 0.25) is 0 Å². The Morgan fingerprint density at radius 1 is 1.09 bits per heavy atom. The SMILES string of the molecule is Cc1cc(Br)ccc1NC(=O)C(=O)NC[C@H](C)c1ccccc1. The second kappa shape index (κ2) is 7.92. The lowest BCUT2D eigenvalue weighted by Crippen LogP contribution is -2.37. The van der Waals surface area contributed by atoms with Crippen LogP contribution in [0.4, 0.5) is 5.69 Å². The minimum absolute atomic E-state index is 0.141. The van der Waals surface area contributed by atoms with Gasteiger partial charge in [0.15, 0.2) is 0 Å². The Labute approximate surface area is 144 Å². The second-order valence-electron chi connectivity index (χ2n) is 5.44. The summed E-state index contributed by atoms with van der Waals surface area (Å²) in [6.45, 7) is 4.29. The van der Waals surface area contributed by atoms with Crippen molar-refractivity contribution in [2.45, 2.75) is 19.8 Å². The van der Waals surface area contributed by atoms with Crippen molar-refractivity contribution < 1.29 is 9.59 Å². The number of nitrogens with one attached hydrogen (secondary N) is 2. The highest BCUT2D eigenvalue weighted by molar-refractivity contribution is 9.10. The molecule has 2 aromatic rings. The first-order valence-electron chi connectivity index (χ1n) is 7.37. The number of amides is 2. The summed E-state index contributed by atoms with van der Waals surface area (Å²) in [5.41, 5.74) is 2.64. The number of rotatable bonds is 4. The Morgan fingerprint density at radius 2 is 1.78 bits per heavy atom. The van der Waals surface area contributed by atoms with Crippen molar-refractivity contribution in [1.29, 1.82) is 0 Å². The third-order valence-electron chi connectivity index (χ3n) is 3.58. The van der Waals surface area contributed by atoms with Crippen LogP contribution in [0.3, 0.4) is 0 Å². The minimum atomic E-state index is -0.657. The van der Waals surface area contributed by atoms with E-state index in [-0.39, 0.29) is 5.92 Å². The Morgan fingerprint density at radius 3 is 2.43 bits per heavy atom. The highest BCUT2D eigenvalue weighted by atomic mass is 79.9. The first-order valence-corrected chi connectivity index (χ1v) is 8.17. The summed E-state index contributed by atoms with van der Waals surface area (Å²) in [4.78, 5) is 23.9. The molecule has 2 rings (SSSR count). The Bertz CT molecular complexity index is 701. The van der Waals surface area contributed by atoms with E-state index in [1.807, 2.05) is 56.3 Å². The molecule has 0 aliphatic heterocycles. The van der Waals surface area contributed by atoms with E-state index in [2.05, 4.69) is 26.6 Å². The van der Waals surface area contributed by atoms with Crippen molar-refractivity contribution in [2.24, 2.45) is 0 Å². The Balaban J connectivity index is 1.89. The quantitative estimate of drug-likeness (QED) is 0.802. The summed E-state index contributed by atoms with van der Waals surface area (Å²) in [6.07, 6.45) is 0. The van der Waals surface area contributed by atoms with E-state index in [9.17, 15) is 9.59 Å². The first kappa shape index (κ1) is 17.2. The predicted molar refractivity (Wildman–Crippen MR) is 95.4 cm³/mol. The molecular weight excluding hydrogens is 356 g/mol. The van der Waals surface area contributed by atoms with Crippen LogP contribution in [0.1, 0.15) is 24.0 Å². The van der Waals surface area contributed by atoms with E-state index in [0.717, 1.165) is 15.6 Å². The normalized spacial score (nSPS) is 11.6. The largest absolute Gasteiger partial charge is 0.347 e. The summed E-state index contributed by atoms with van der Waals surface area (Å²) in [6, 6.07) is 15.3. The molecule has 120 valence electrons. The summed E-state index contributed by atoms with van der Waals surface area (Å²) in [7, 11) is 0. The van der Waals surface area contributed by atoms with Gasteiger partial charge in [-0.2, -0.15) is 0 Å². The zero-order valence-electron chi connectivity index (χ0n) is 13.1. The molecule has 0 saturated carbocycles. The lowest BCUT2D eigenvalue weighted by atomic mass is 10.0. The van der Waals surface area contributed by atoms with Crippen molar-refractivity contribution in [3.63, 3.8) is 0 Å². The molecule has 0 aliphatic rings. The molecule has 0 bridgehead atoms. The molecule has 0 fully saturated rings. The van der Waals surface area contributed by atoms with E-state index in [1.54, 1.807) is 6.07 Å². The van der Waals surface area contributed by atoms with Crippen LogP contribution < -0.4 is 10.6 Å². The van der Waals surface area contributed by atoms with Gasteiger partial charge in [-0.05, 0) is 42.2 Å². The fourth-order valence-electron chi connectivity index (χ4n) is 2.17. The van der Waals surface area contributed by atoms with Crippen LogP contribution in [0.5, 0.6) is 0 Å². The lowest BCUT2D eigenvalue weighted by molar-refractivity contribution is -0.136. The number of benzene rings is 2. The number of aryl methyl sites for hydroxylation is 1. The molecule has 0 saturated heterocycles. The summed E-state index contributed by atoms with van der Waals surface area (Å²) in [5, 5.41) is 5.30. The molecule has 5 heteroatoms. The fourth-order valence-corrected chi connectivity index (χ4v) is 2.65. The summed E-state index contributed by atoms with van der Waals surface area (Å²) >= 11 is 3.36. The highest BCUT2D eigenvalue weighted by Gasteiger charge is 2.16. The fraction of sp³-hybridized carbons (Fsp3) is 0.222. The van der Waals surface area contributed by atoms with Crippen molar-refractivity contribution in [3.05, 3.63) is 64.1 Å². The van der Waals surface area contributed by atoms with Gasteiger partial charge in [-0.1, -0.05) is 53.2 Å². The average Bonchev–Trinajstić information content (AvgIpc) is 2.55. The summed E-state index contributed by atoms with van der Waals surface area (Å²) in [5.74, 6) is -1.15. The average molecular weight is 375 g/mol. The van der Waals surface area contributed by atoms with Crippen LogP contribution >= 0.6 is 15.9 Å². The zero-order valence-corrected chi connectivity index (χ0v) is 14.7. The van der Waals surface area contributed by atoms with Gasteiger partial charge in [0.25, 0.3) is 0 Å². The molecular formula is C18H19BrN2O2. The number of carbonyl (C=O) groups excluding carboxylic acids is 2. The van der Waals surface area contributed by atoms with E-state index in [0.29, 0.717) is 12.2 Å². The molecule has 0 aromatic heterocycles. The number of halogens is 1. The Kier molecular flexibility index (Phi) is 5.93. The topological polar surface area (TPSA) is 58.2 Å². The molecule has 2 amide bonds. The maximum Gasteiger partial charge on any atom is 0.313 e. The lowest BCUT2D eigenvalue weighted by Gasteiger charge is -2.13. The third kappa shape index (κ3) is 4.93. The van der Waals surface area contributed by atoms with Gasteiger partial charge < -0.3 is 10.6 Å². The first-order chi connectivity index (χ1) is 11.0. The molecule has 0 heterocycles. The molecule has 0 spiro atoms. The number of hydrogen-bond acceptors (Lipinski definition) is 2. The molecule has 2 aromatic carbocycles.